The lowest BCUT2D eigenvalue weighted by Gasteiger charge is -2.36. The van der Waals surface area contributed by atoms with Gasteiger partial charge in [-0.15, -0.1) is 0 Å². The van der Waals surface area contributed by atoms with Crippen molar-refractivity contribution in [2.75, 3.05) is 31.1 Å². The fraction of sp³-hybridized carbons (Fsp3) is 0.462. The van der Waals surface area contributed by atoms with Crippen LogP contribution in [-0.4, -0.2) is 37.0 Å². The van der Waals surface area contributed by atoms with Crippen LogP contribution in [0.25, 0.3) is 0 Å². The molecule has 3 heteroatoms. The highest BCUT2D eigenvalue weighted by Crippen LogP contribution is 2.20. The highest BCUT2D eigenvalue weighted by Gasteiger charge is 2.19. The third-order valence-corrected chi connectivity index (χ3v) is 3.18. The minimum atomic E-state index is 0.185. The molecule has 0 radical (unpaired) electrons. The molecule has 1 aromatic rings. The molecule has 1 amide bonds. The summed E-state index contributed by atoms with van der Waals surface area (Å²) in [5.41, 5.74) is 2.60. The van der Waals surface area contributed by atoms with E-state index in [1.807, 2.05) is 4.90 Å². The molecule has 16 heavy (non-hydrogen) atoms. The molecule has 0 aliphatic carbocycles. The number of rotatable bonds is 1. The van der Waals surface area contributed by atoms with Crippen molar-refractivity contribution >= 4 is 11.6 Å². The molecule has 1 fully saturated rings. The Kier molecular flexibility index (Phi) is 3.13. The van der Waals surface area contributed by atoms with E-state index in [-0.39, 0.29) is 5.91 Å². The summed E-state index contributed by atoms with van der Waals surface area (Å²) in [4.78, 5) is 15.5. The van der Waals surface area contributed by atoms with Crippen molar-refractivity contribution in [2.45, 2.75) is 13.8 Å². The van der Waals surface area contributed by atoms with Crippen LogP contribution in [0, 0.1) is 6.92 Å². The maximum Gasteiger partial charge on any atom is 0.219 e. The molecule has 0 bridgehead atoms. The zero-order valence-corrected chi connectivity index (χ0v) is 9.94. The number of carbonyl (C=O) groups is 1. The van der Waals surface area contributed by atoms with Gasteiger partial charge in [-0.05, 0) is 18.6 Å². The second-order valence-electron chi connectivity index (χ2n) is 4.28. The van der Waals surface area contributed by atoms with E-state index in [4.69, 9.17) is 0 Å². The lowest BCUT2D eigenvalue weighted by atomic mass is 10.1. The Morgan fingerprint density at radius 3 is 2.31 bits per heavy atom. The minimum absolute atomic E-state index is 0.185. The number of hydrogen-bond donors (Lipinski definition) is 0. The van der Waals surface area contributed by atoms with Crippen LogP contribution in [0.4, 0.5) is 5.69 Å². The third kappa shape index (κ3) is 2.18. The summed E-state index contributed by atoms with van der Waals surface area (Å²) in [6.45, 7) is 7.32. The highest BCUT2D eigenvalue weighted by molar-refractivity contribution is 5.73. The number of carbonyl (C=O) groups excluding carboxylic acids is 1. The zero-order chi connectivity index (χ0) is 11.5. The number of anilines is 1. The molecule has 0 aromatic heterocycles. The predicted octanol–water partition coefficient (Wildman–Crippen LogP) is 1.66. The summed E-state index contributed by atoms with van der Waals surface area (Å²) in [7, 11) is 0. The van der Waals surface area contributed by atoms with E-state index in [1.54, 1.807) is 6.92 Å². The highest BCUT2D eigenvalue weighted by atomic mass is 16.2. The van der Waals surface area contributed by atoms with Gasteiger partial charge in [-0.2, -0.15) is 0 Å². The third-order valence-electron chi connectivity index (χ3n) is 3.18. The fourth-order valence-electron chi connectivity index (χ4n) is 2.18. The standard InChI is InChI=1S/C13H18N2O/c1-11-5-3-4-6-13(11)15-9-7-14(8-10-15)12(2)16/h3-6H,7-10H2,1-2H3. The molecule has 0 unspecified atom stereocenters. The van der Waals surface area contributed by atoms with Gasteiger partial charge in [-0.25, -0.2) is 0 Å². The Labute approximate surface area is 96.7 Å². The first-order valence-electron chi connectivity index (χ1n) is 5.74. The number of amides is 1. The molecule has 0 spiro atoms. The second-order valence-corrected chi connectivity index (χ2v) is 4.28. The van der Waals surface area contributed by atoms with Crippen LogP contribution in [0.3, 0.4) is 0 Å². The van der Waals surface area contributed by atoms with Gasteiger partial charge in [0.1, 0.15) is 0 Å². The molecule has 0 saturated carbocycles. The van der Waals surface area contributed by atoms with Gasteiger partial charge in [-0.3, -0.25) is 4.79 Å². The fourth-order valence-corrected chi connectivity index (χ4v) is 2.18. The number of piperazine rings is 1. The van der Waals surface area contributed by atoms with Crippen LogP contribution in [0.1, 0.15) is 12.5 Å². The van der Waals surface area contributed by atoms with Crippen molar-refractivity contribution in [2.24, 2.45) is 0 Å². The van der Waals surface area contributed by atoms with E-state index in [0.29, 0.717) is 0 Å². The van der Waals surface area contributed by atoms with Crippen LogP contribution >= 0.6 is 0 Å². The Morgan fingerprint density at radius 2 is 1.75 bits per heavy atom. The average molecular weight is 218 g/mol. The second kappa shape index (κ2) is 4.56. The smallest absolute Gasteiger partial charge is 0.219 e. The molecule has 1 aromatic carbocycles. The van der Waals surface area contributed by atoms with Crippen LogP contribution < -0.4 is 4.90 Å². The minimum Gasteiger partial charge on any atom is -0.368 e. The number of para-hydroxylation sites is 1. The molecule has 3 nitrogen and oxygen atoms in total. The lowest BCUT2D eigenvalue weighted by Crippen LogP contribution is -2.48. The number of aryl methyl sites for hydroxylation is 1. The Hall–Kier alpha value is -1.51. The Bertz CT molecular complexity index is 381. The molecular formula is C13H18N2O. The van der Waals surface area contributed by atoms with Gasteiger partial charge in [0, 0.05) is 38.8 Å². The van der Waals surface area contributed by atoms with Gasteiger partial charge in [0.05, 0.1) is 0 Å². The molecule has 86 valence electrons. The largest absolute Gasteiger partial charge is 0.368 e. The molecule has 1 aliphatic rings. The summed E-state index contributed by atoms with van der Waals surface area (Å²) in [5.74, 6) is 0.185. The van der Waals surface area contributed by atoms with E-state index in [2.05, 4.69) is 36.1 Å². The van der Waals surface area contributed by atoms with Gasteiger partial charge in [0.25, 0.3) is 0 Å². The maximum absolute atomic E-state index is 11.2. The van der Waals surface area contributed by atoms with Crippen molar-refractivity contribution < 1.29 is 4.79 Å². The quantitative estimate of drug-likeness (QED) is 0.715. The number of hydrogen-bond acceptors (Lipinski definition) is 2. The van der Waals surface area contributed by atoms with Crippen LogP contribution in [-0.2, 0) is 4.79 Å². The molecule has 2 rings (SSSR count). The first-order valence-corrected chi connectivity index (χ1v) is 5.74. The molecule has 1 heterocycles. The molecule has 0 atom stereocenters. The van der Waals surface area contributed by atoms with Crippen LogP contribution in [0.5, 0.6) is 0 Å². The normalized spacial score (nSPS) is 16.4. The number of nitrogens with zero attached hydrogens (tertiary/aromatic N) is 2. The van der Waals surface area contributed by atoms with E-state index >= 15 is 0 Å². The summed E-state index contributed by atoms with van der Waals surface area (Å²) in [6.07, 6.45) is 0. The van der Waals surface area contributed by atoms with E-state index in [0.717, 1.165) is 26.2 Å². The summed E-state index contributed by atoms with van der Waals surface area (Å²) < 4.78 is 0. The molecule has 1 saturated heterocycles. The first-order chi connectivity index (χ1) is 7.68. The topological polar surface area (TPSA) is 23.6 Å². The Balaban J connectivity index is 2.05. The van der Waals surface area contributed by atoms with E-state index < -0.39 is 0 Å². The molecular weight excluding hydrogens is 200 g/mol. The summed E-state index contributed by atoms with van der Waals surface area (Å²) >= 11 is 0. The van der Waals surface area contributed by atoms with Gasteiger partial charge < -0.3 is 9.80 Å². The lowest BCUT2D eigenvalue weighted by molar-refractivity contribution is -0.129. The van der Waals surface area contributed by atoms with Crippen molar-refractivity contribution in [3.63, 3.8) is 0 Å². The van der Waals surface area contributed by atoms with Gasteiger partial charge in [-0.1, -0.05) is 18.2 Å². The Morgan fingerprint density at radius 1 is 1.12 bits per heavy atom. The van der Waals surface area contributed by atoms with Gasteiger partial charge in [0.2, 0.25) is 5.91 Å². The van der Waals surface area contributed by atoms with Crippen molar-refractivity contribution in [3.8, 4) is 0 Å². The summed E-state index contributed by atoms with van der Waals surface area (Å²) in [5, 5.41) is 0. The van der Waals surface area contributed by atoms with Crippen molar-refractivity contribution in [1.29, 1.82) is 0 Å². The van der Waals surface area contributed by atoms with Crippen molar-refractivity contribution in [1.82, 2.24) is 4.90 Å². The average Bonchev–Trinajstić information content (AvgIpc) is 2.30. The van der Waals surface area contributed by atoms with E-state index in [1.165, 1.54) is 11.3 Å². The van der Waals surface area contributed by atoms with Gasteiger partial charge >= 0.3 is 0 Å². The van der Waals surface area contributed by atoms with Crippen LogP contribution in [0.2, 0.25) is 0 Å². The molecule has 1 aliphatic heterocycles. The van der Waals surface area contributed by atoms with Crippen molar-refractivity contribution in [3.05, 3.63) is 29.8 Å². The number of benzene rings is 1. The van der Waals surface area contributed by atoms with E-state index in [9.17, 15) is 4.79 Å². The maximum atomic E-state index is 11.2. The summed E-state index contributed by atoms with van der Waals surface area (Å²) in [6, 6.07) is 8.41. The first kappa shape index (κ1) is 11.0. The molecule has 0 N–H and O–H groups in total. The van der Waals surface area contributed by atoms with Crippen LogP contribution in [0.15, 0.2) is 24.3 Å². The van der Waals surface area contributed by atoms with Gasteiger partial charge in [0.15, 0.2) is 0 Å². The SMILES string of the molecule is CC(=O)N1CCN(c2ccccc2C)CC1. The monoisotopic (exact) mass is 218 g/mol. The predicted molar refractivity (Wildman–Crippen MR) is 65.6 cm³/mol. The zero-order valence-electron chi connectivity index (χ0n) is 9.94.